The van der Waals surface area contributed by atoms with Crippen molar-refractivity contribution < 1.29 is 14.3 Å². The molecule has 1 heterocycles. The lowest BCUT2D eigenvalue weighted by atomic mass is 10.2. The smallest absolute Gasteiger partial charge is 0.363 e. The molecule has 1 aliphatic rings. The Morgan fingerprint density at radius 2 is 1.88 bits per heavy atom. The van der Waals surface area contributed by atoms with E-state index in [0.717, 1.165) is 11.3 Å². The van der Waals surface area contributed by atoms with Gasteiger partial charge >= 0.3 is 5.97 Å². The predicted octanol–water partition coefficient (Wildman–Crippen LogP) is 5.01. The number of methoxy groups -OCH3 is 1. The lowest BCUT2D eigenvalue weighted by Gasteiger charge is -2.02. The number of para-hydroxylation sites is 1. The molecule has 126 valence electrons. The molecule has 1 aliphatic heterocycles. The molecule has 0 radical (unpaired) electrons. The van der Waals surface area contributed by atoms with Crippen molar-refractivity contribution in [3.63, 3.8) is 0 Å². The molecule has 0 saturated heterocycles. The van der Waals surface area contributed by atoms with Crippen LogP contribution >= 0.6 is 23.2 Å². The van der Waals surface area contributed by atoms with Gasteiger partial charge in [-0.25, -0.2) is 9.79 Å². The number of ether oxygens (including phenoxy) is 2. The quantitative estimate of drug-likeness (QED) is 0.558. The lowest BCUT2D eigenvalue weighted by Crippen LogP contribution is -2.01. The Morgan fingerprint density at radius 1 is 1.08 bits per heavy atom. The summed E-state index contributed by atoms with van der Waals surface area (Å²) in [6, 6.07) is 12.6. The van der Waals surface area contributed by atoms with Crippen LogP contribution in [0.1, 0.15) is 11.1 Å². The standard InChI is InChI=1S/C19H13Cl2NO3/c1-24-17-5-3-2-4-13(17)7-9-18-22-16(19(23)25-18)11-12-6-8-14(20)15(21)10-12/h2-11H,1H3. The van der Waals surface area contributed by atoms with Gasteiger partial charge in [0.25, 0.3) is 0 Å². The van der Waals surface area contributed by atoms with Crippen molar-refractivity contribution in [2.45, 2.75) is 0 Å². The third-order valence-corrected chi connectivity index (χ3v) is 4.17. The maximum absolute atomic E-state index is 12.0. The number of carbonyl (C=O) groups is 1. The largest absolute Gasteiger partial charge is 0.496 e. The molecule has 3 rings (SSSR count). The minimum Gasteiger partial charge on any atom is -0.496 e. The highest BCUT2D eigenvalue weighted by Gasteiger charge is 2.21. The molecule has 6 heteroatoms. The molecule has 0 bridgehead atoms. The fraction of sp³-hybridized carbons (Fsp3) is 0.0526. The number of benzene rings is 2. The Hall–Kier alpha value is -2.56. The minimum absolute atomic E-state index is 0.193. The van der Waals surface area contributed by atoms with Crippen LogP contribution in [0.15, 0.2) is 59.2 Å². The van der Waals surface area contributed by atoms with Crippen LogP contribution in [0.3, 0.4) is 0 Å². The van der Waals surface area contributed by atoms with E-state index >= 15 is 0 Å². The maximum atomic E-state index is 12.0. The van der Waals surface area contributed by atoms with Crippen LogP contribution in [-0.4, -0.2) is 19.0 Å². The van der Waals surface area contributed by atoms with Gasteiger partial charge in [-0.15, -0.1) is 0 Å². The Labute approximate surface area is 155 Å². The number of rotatable bonds is 4. The van der Waals surface area contributed by atoms with E-state index in [1.54, 1.807) is 43.5 Å². The lowest BCUT2D eigenvalue weighted by molar-refractivity contribution is -0.129. The van der Waals surface area contributed by atoms with Crippen molar-refractivity contribution in [3.05, 3.63) is 75.4 Å². The third-order valence-electron chi connectivity index (χ3n) is 3.43. The normalized spacial score (nSPS) is 15.6. The molecule has 25 heavy (non-hydrogen) atoms. The van der Waals surface area contributed by atoms with E-state index in [4.69, 9.17) is 32.7 Å². The molecule has 0 saturated carbocycles. The van der Waals surface area contributed by atoms with Gasteiger partial charge in [0.1, 0.15) is 5.75 Å². The summed E-state index contributed by atoms with van der Waals surface area (Å²) >= 11 is 11.9. The zero-order valence-electron chi connectivity index (χ0n) is 13.2. The topological polar surface area (TPSA) is 47.9 Å². The zero-order chi connectivity index (χ0) is 17.8. The highest BCUT2D eigenvalue weighted by molar-refractivity contribution is 6.42. The van der Waals surface area contributed by atoms with Crippen LogP contribution in [-0.2, 0) is 9.53 Å². The maximum Gasteiger partial charge on any atom is 0.363 e. The minimum atomic E-state index is -0.522. The van der Waals surface area contributed by atoms with E-state index in [1.165, 1.54) is 0 Å². The first-order valence-corrected chi connectivity index (χ1v) is 8.11. The van der Waals surface area contributed by atoms with E-state index in [0.29, 0.717) is 15.6 Å². The Balaban J connectivity index is 1.83. The molecular formula is C19H13Cl2NO3. The highest BCUT2D eigenvalue weighted by Crippen LogP contribution is 2.25. The van der Waals surface area contributed by atoms with Crippen LogP contribution in [0.2, 0.25) is 10.0 Å². The predicted molar refractivity (Wildman–Crippen MR) is 100.0 cm³/mol. The first kappa shape index (κ1) is 17.3. The summed E-state index contributed by atoms with van der Waals surface area (Å²) in [5.41, 5.74) is 1.75. The van der Waals surface area contributed by atoms with Crippen LogP contribution < -0.4 is 4.74 Å². The van der Waals surface area contributed by atoms with Gasteiger partial charge in [-0.05, 0) is 35.9 Å². The third kappa shape index (κ3) is 4.10. The number of nitrogens with zero attached hydrogens (tertiary/aromatic N) is 1. The monoisotopic (exact) mass is 373 g/mol. The number of carbonyl (C=O) groups excluding carboxylic acids is 1. The Bertz CT molecular complexity index is 917. The molecule has 0 atom stereocenters. The molecule has 0 aromatic heterocycles. The molecule has 0 amide bonds. The molecule has 2 aromatic rings. The van der Waals surface area contributed by atoms with Crippen molar-refractivity contribution in [2.24, 2.45) is 4.99 Å². The van der Waals surface area contributed by atoms with Crippen LogP contribution in [0.5, 0.6) is 5.75 Å². The number of aliphatic imine (C=N–C) groups is 1. The zero-order valence-corrected chi connectivity index (χ0v) is 14.7. The van der Waals surface area contributed by atoms with Gasteiger partial charge < -0.3 is 9.47 Å². The highest BCUT2D eigenvalue weighted by atomic mass is 35.5. The van der Waals surface area contributed by atoms with Gasteiger partial charge in [0.05, 0.1) is 17.2 Å². The summed E-state index contributed by atoms with van der Waals surface area (Å²) in [5.74, 6) is 0.406. The summed E-state index contributed by atoms with van der Waals surface area (Å²) in [6.45, 7) is 0. The first-order valence-electron chi connectivity index (χ1n) is 7.35. The second-order valence-electron chi connectivity index (χ2n) is 5.12. The number of hydrogen-bond acceptors (Lipinski definition) is 4. The number of cyclic esters (lactones) is 1. The molecular weight excluding hydrogens is 361 g/mol. The van der Waals surface area contributed by atoms with Crippen LogP contribution in [0, 0.1) is 0 Å². The molecule has 4 nitrogen and oxygen atoms in total. The van der Waals surface area contributed by atoms with Gasteiger partial charge in [0.2, 0.25) is 5.90 Å². The molecule has 0 aliphatic carbocycles. The molecule has 0 unspecified atom stereocenters. The number of esters is 1. The van der Waals surface area contributed by atoms with Gasteiger partial charge in [0, 0.05) is 11.6 Å². The van der Waals surface area contributed by atoms with E-state index in [1.807, 2.05) is 24.3 Å². The fourth-order valence-corrected chi connectivity index (χ4v) is 2.53. The van der Waals surface area contributed by atoms with E-state index in [2.05, 4.69) is 4.99 Å². The van der Waals surface area contributed by atoms with Gasteiger partial charge in [0.15, 0.2) is 5.70 Å². The van der Waals surface area contributed by atoms with Crippen molar-refractivity contribution in [2.75, 3.05) is 7.11 Å². The molecule has 0 spiro atoms. The van der Waals surface area contributed by atoms with Gasteiger partial charge in [-0.1, -0.05) is 47.5 Å². The van der Waals surface area contributed by atoms with Crippen molar-refractivity contribution in [1.29, 1.82) is 0 Å². The van der Waals surface area contributed by atoms with E-state index < -0.39 is 5.97 Å². The Morgan fingerprint density at radius 3 is 2.64 bits per heavy atom. The number of halogens is 2. The second kappa shape index (κ2) is 7.55. The summed E-state index contributed by atoms with van der Waals surface area (Å²) in [4.78, 5) is 16.1. The van der Waals surface area contributed by atoms with E-state index in [9.17, 15) is 4.79 Å². The fourth-order valence-electron chi connectivity index (χ4n) is 2.22. The van der Waals surface area contributed by atoms with E-state index in [-0.39, 0.29) is 11.6 Å². The van der Waals surface area contributed by atoms with Crippen molar-refractivity contribution >= 4 is 47.2 Å². The number of hydrogen-bond donors (Lipinski definition) is 0. The van der Waals surface area contributed by atoms with Crippen molar-refractivity contribution in [3.8, 4) is 5.75 Å². The molecule has 0 N–H and O–H groups in total. The second-order valence-corrected chi connectivity index (χ2v) is 5.93. The average Bonchev–Trinajstić information content (AvgIpc) is 2.96. The summed E-state index contributed by atoms with van der Waals surface area (Å²) in [6.07, 6.45) is 4.98. The SMILES string of the molecule is COc1ccccc1C=CC1=NC(=Cc2ccc(Cl)c(Cl)c2)C(=O)O1. The van der Waals surface area contributed by atoms with Crippen LogP contribution in [0.25, 0.3) is 12.2 Å². The van der Waals surface area contributed by atoms with Crippen molar-refractivity contribution in [1.82, 2.24) is 0 Å². The van der Waals surface area contributed by atoms with Crippen LogP contribution in [0.4, 0.5) is 0 Å². The Kier molecular flexibility index (Phi) is 5.22. The molecule has 0 fully saturated rings. The summed E-state index contributed by atoms with van der Waals surface area (Å²) in [5, 5.41) is 0.851. The van der Waals surface area contributed by atoms with Gasteiger partial charge in [-0.2, -0.15) is 0 Å². The molecule has 2 aromatic carbocycles. The average molecular weight is 374 g/mol. The summed E-state index contributed by atoms with van der Waals surface area (Å²) < 4.78 is 10.4. The first-order chi connectivity index (χ1) is 12.1. The summed E-state index contributed by atoms with van der Waals surface area (Å²) in [7, 11) is 1.60. The van der Waals surface area contributed by atoms with Gasteiger partial charge in [-0.3, -0.25) is 0 Å².